The highest BCUT2D eigenvalue weighted by Gasteiger charge is 2.14. The number of hydrogen-bond donors (Lipinski definition) is 2. The SMILES string of the molecule is CCn1c(=O)c2ccccc2n(CC(=O)Nc2ccc(NC(C)c3ccccc3)cc2)c1=O. The summed E-state index contributed by atoms with van der Waals surface area (Å²) in [6.45, 7) is 3.86. The Balaban J connectivity index is 1.49. The van der Waals surface area contributed by atoms with Gasteiger partial charge in [0.25, 0.3) is 5.56 Å². The number of nitrogens with zero attached hydrogens (tertiary/aromatic N) is 2. The molecule has 33 heavy (non-hydrogen) atoms. The van der Waals surface area contributed by atoms with Crippen molar-refractivity contribution in [2.45, 2.75) is 33.0 Å². The van der Waals surface area contributed by atoms with Crippen molar-refractivity contribution in [2.24, 2.45) is 0 Å². The van der Waals surface area contributed by atoms with E-state index < -0.39 is 5.69 Å². The molecule has 0 fully saturated rings. The number of carbonyl (C=O) groups is 1. The topological polar surface area (TPSA) is 85.1 Å². The summed E-state index contributed by atoms with van der Waals surface area (Å²) in [4.78, 5) is 38.1. The van der Waals surface area contributed by atoms with Gasteiger partial charge >= 0.3 is 5.69 Å². The Labute approximate surface area is 191 Å². The van der Waals surface area contributed by atoms with Gasteiger partial charge in [0, 0.05) is 24.0 Å². The van der Waals surface area contributed by atoms with Gasteiger partial charge < -0.3 is 10.6 Å². The molecule has 1 heterocycles. The van der Waals surface area contributed by atoms with Gasteiger partial charge in [0.1, 0.15) is 6.54 Å². The zero-order valence-electron chi connectivity index (χ0n) is 18.6. The predicted molar refractivity (Wildman–Crippen MR) is 132 cm³/mol. The Morgan fingerprint density at radius 2 is 1.48 bits per heavy atom. The molecule has 0 spiro atoms. The molecule has 1 amide bonds. The van der Waals surface area contributed by atoms with Crippen LogP contribution in [0.4, 0.5) is 11.4 Å². The maximum absolute atomic E-state index is 12.8. The summed E-state index contributed by atoms with van der Waals surface area (Å²) in [6.07, 6.45) is 0. The van der Waals surface area contributed by atoms with Crippen LogP contribution in [0.1, 0.15) is 25.5 Å². The lowest BCUT2D eigenvalue weighted by atomic mass is 10.1. The van der Waals surface area contributed by atoms with Crippen molar-refractivity contribution in [1.29, 1.82) is 0 Å². The molecular formula is C26H26N4O3. The molecule has 0 aliphatic rings. The van der Waals surface area contributed by atoms with Crippen LogP contribution in [-0.2, 0) is 17.9 Å². The average molecular weight is 443 g/mol. The van der Waals surface area contributed by atoms with Crippen LogP contribution in [-0.4, -0.2) is 15.0 Å². The fourth-order valence-electron chi connectivity index (χ4n) is 3.87. The summed E-state index contributed by atoms with van der Waals surface area (Å²) in [6, 6.07) is 24.5. The predicted octanol–water partition coefficient (Wildman–Crippen LogP) is 3.99. The zero-order chi connectivity index (χ0) is 23.4. The Morgan fingerprint density at radius 3 is 2.18 bits per heavy atom. The van der Waals surface area contributed by atoms with E-state index in [0.29, 0.717) is 16.6 Å². The largest absolute Gasteiger partial charge is 0.379 e. The molecule has 0 aliphatic carbocycles. The summed E-state index contributed by atoms with van der Waals surface area (Å²) in [5.74, 6) is -0.345. The highest BCUT2D eigenvalue weighted by molar-refractivity contribution is 5.91. The maximum Gasteiger partial charge on any atom is 0.331 e. The van der Waals surface area contributed by atoms with Crippen molar-refractivity contribution >= 4 is 28.2 Å². The first-order valence-electron chi connectivity index (χ1n) is 10.9. The van der Waals surface area contributed by atoms with Gasteiger partial charge in [-0.1, -0.05) is 42.5 Å². The third kappa shape index (κ3) is 4.72. The monoisotopic (exact) mass is 442 g/mol. The van der Waals surface area contributed by atoms with Crippen LogP contribution in [0.3, 0.4) is 0 Å². The van der Waals surface area contributed by atoms with E-state index >= 15 is 0 Å². The minimum atomic E-state index is -0.495. The highest BCUT2D eigenvalue weighted by atomic mass is 16.2. The first kappa shape index (κ1) is 22.1. The summed E-state index contributed by atoms with van der Waals surface area (Å²) >= 11 is 0. The van der Waals surface area contributed by atoms with Gasteiger partial charge in [-0.3, -0.25) is 18.7 Å². The second-order valence-corrected chi connectivity index (χ2v) is 7.84. The van der Waals surface area contributed by atoms with Gasteiger partial charge in [-0.2, -0.15) is 0 Å². The number of aromatic nitrogens is 2. The number of benzene rings is 3. The van der Waals surface area contributed by atoms with E-state index in [1.807, 2.05) is 42.5 Å². The fraction of sp³-hybridized carbons (Fsp3) is 0.192. The molecule has 0 aliphatic heterocycles. The standard InChI is InChI=1S/C26H26N4O3/c1-3-29-25(32)22-11-7-8-12-23(22)30(26(29)33)17-24(31)28-21-15-13-20(14-16-21)27-18(2)19-9-5-4-6-10-19/h4-16,18,27H,3,17H2,1-2H3,(H,28,31). The first-order chi connectivity index (χ1) is 16.0. The molecule has 0 saturated heterocycles. The van der Waals surface area contributed by atoms with E-state index in [1.165, 1.54) is 10.1 Å². The van der Waals surface area contributed by atoms with E-state index in [4.69, 9.17) is 0 Å². The van der Waals surface area contributed by atoms with Gasteiger partial charge in [-0.15, -0.1) is 0 Å². The molecule has 1 unspecified atom stereocenters. The van der Waals surface area contributed by atoms with Crippen LogP contribution in [0.5, 0.6) is 0 Å². The smallest absolute Gasteiger partial charge is 0.331 e. The van der Waals surface area contributed by atoms with E-state index in [0.717, 1.165) is 10.3 Å². The summed E-state index contributed by atoms with van der Waals surface area (Å²) in [7, 11) is 0. The van der Waals surface area contributed by atoms with Crippen LogP contribution < -0.4 is 21.9 Å². The van der Waals surface area contributed by atoms with Gasteiger partial charge in [0.15, 0.2) is 0 Å². The van der Waals surface area contributed by atoms with Crippen LogP contribution in [0.25, 0.3) is 10.9 Å². The van der Waals surface area contributed by atoms with Crippen molar-refractivity contribution in [1.82, 2.24) is 9.13 Å². The Morgan fingerprint density at radius 1 is 0.848 bits per heavy atom. The zero-order valence-corrected chi connectivity index (χ0v) is 18.6. The molecule has 4 rings (SSSR count). The molecule has 7 nitrogen and oxygen atoms in total. The second-order valence-electron chi connectivity index (χ2n) is 7.84. The normalized spacial score (nSPS) is 11.8. The van der Waals surface area contributed by atoms with Crippen LogP contribution in [0, 0.1) is 0 Å². The number of para-hydroxylation sites is 1. The van der Waals surface area contributed by atoms with Gasteiger partial charge in [0.2, 0.25) is 5.91 Å². The highest BCUT2D eigenvalue weighted by Crippen LogP contribution is 2.20. The summed E-state index contributed by atoms with van der Waals surface area (Å²) in [5.41, 5.74) is 2.34. The first-order valence-corrected chi connectivity index (χ1v) is 10.9. The van der Waals surface area contributed by atoms with E-state index in [1.54, 1.807) is 31.2 Å². The fourth-order valence-corrected chi connectivity index (χ4v) is 3.87. The molecule has 168 valence electrons. The maximum atomic E-state index is 12.8. The van der Waals surface area contributed by atoms with Crippen molar-refractivity contribution in [3.05, 3.63) is 105 Å². The van der Waals surface area contributed by atoms with E-state index in [2.05, 4.69) is 29.7 Å². The molecule has 1 aromatic heterocycles. The van der Waals surface area contributed by atoms with Crippen molar-refractivity contribution < 1.29 is 4.79 Å². The van der Waals surface area contributed by atoms with Crippen molar-refractivity contribution in [3.63, 3.8) is 0 Å². The number of anilines is 2. The number of nitrogens with one attached hydrogen (secondary N) is 2. The molecule has 7 heteroatoms. The third-order valence-electron chi connectivity index (χ3n) is 5.60. The quantitative estimate of drug-likeness (QED) is 0.453. The lowest BCUT2D eigenvalue weighted by Crippen LogP contribution is -2.41. The molecular weight excluding hydrogens is 416 g/mol. The van der Waals surface area contributed by atoms with Crippen LogP contribution >= 0.6 is 0 Å². The number of hydrogen-bond acceptors (Lipinski definition) is 4. The van der Waals surface area contributed by atoms with Gasteiger partial charge in [-0.25, -0.2) is 4.79 Å². The molecule has 0 bridgehead atoms. The number of carbonyl (C=O) groups excluding carboxylic acids is 1. The van der Waals surface area contributed by atoms with E-state index in [-0.39, 0.29) is 30.6 Å². The minimum Gasteiger partial charge on any atom is -0.379 e. The Hall–Kier alpha value is -4.13. The van der Waals surface area contributed by atoms with E-state index in [9.17, 15) is 14.4 Å². The Bertz CT molecular complexity index is 1390. The lowest BCUT2D eigenvalue weighted by molar-refractivity contribution is -0.116. The van der Waals surface area contributed by atoms with Crippen molar-refractivity contribution in [3.8, 4) is 0 Å². The van der Waals surface area contributed by atoms with Crippen LogP contribution in [0.15, 0.2) is 88.5 Å². The summed E-state index contributed by atoms with van der Waals surface area (Å²) < 4.78 is 2.48. The molecule has 4 aromatic rings. The summed E-state index contributed by atoms with van der Waals surface area (Å²) in [5, 5.41) is 6.68. The molecule has 0 saturated carbocycles. The molecule has 0 radical (unpaired) electrons. The van der Waals surface area contributed by atoms with Crippen LogP contribution in [0.2, 0.25) is 0 Å². The second kappa shape index (κ2) is 9.56. The lowest BCUT2D eigenvalue weighted by Gasteiger charge is -2.16. The van der Waals surface area contributed by atoms with Gasteiger partial charge in [0.05, 0.1) is 10.9 Å². The Kier molecular flexibility index (Phi) is 6.40. The molecule has 1 atom stereocenters. The molecule has 3 aromatic carbocycles. The average Bonchev–Trinajstić information content (AvgIpc) is 2.84. The number of amides is 1. The number of fused-ring (bicyclic) bond motifs is 1. The minimum absolute atomic E-state index is 0.140. The van der Waals surface area contributed by atoms with Crippen molar-refractivity contribution in [2.75, 3.05) is 10.6 Å². The number of rotatable bonds is 7. The third-order valence-corrected chi connectivity index (χ3v) is 5.60. The molecule has 2 N–H and O–H groups in total. The van der Waals surface area contributed by atoms with Gasteiger partial charge in [-0.05, 0) is 55.8 Å².